The molecule has 3 N–H and O–H groups in total. The monoisotopic (exact) mass is 296 g/mol. The minimum atomic E-state index is -4.39. The highest BCUT2D eigenvalue weighted by atomic mass is 32.2. The van der Waals surface area contributed by atoms with Gasteiger partial charge in [-0.3, -0.25) is 0 Å². The van der Waals surface area contributed by atoms with Gasteiger partial charge >= 0.3 is 6.18 Å². The van der Waals surface area contributed by atoms with Crippen molar-refractivity contribution < 1.29 is 21.6 Å². The summed E-state index contributed by atoms with van der Waals surface area (Å²) in [4.78, 5) is 0. The van der Waals surface area contributed by atoms with Gasteiger partial charge in [-0.2, -0.15) is 13.2 Å². The summed E-state index contributed by atoms with van der Waals surface area (Å²) in [6.07, 6.45) is -4.39. The number of sulfonamides is 1. The maximum Gasteiger partial charge on any atom is 0.416 e. The van der Waals surface area contributed by atoms with E-state index in [9.17, 15) is 21.6 Å². The lowest BCUT2D eigenvalue weighted by atomic mass is 10.1. The first-order valence-corrected chi connectivity index (χ1v) is 7.22. The molecule has 1 unspecified atom stereocenters. The smallest absolute Gasteiger partial charge is 0.309 e. The van der Waals surface area contributed by atoms with Gasteiger partial charge in [0.2, 0.25) is 10.0 Å². The number of primary sulfonamides is 1. The molecule has 1 aromatic rings. The number of hydrogen-bond acceptors (Lipinski definition) is 3. The van der Waals surface area contributed by atoms with Crippen LogP contribution in [0, 0.1) is 0 Å². The van der Waals surface area contributed by atoms with Crippen molar-refractivity contribution in [1.29, 1.82) is 0 Å². The molecule has 0 bridgehead atoms. The second-order valence-corrected chi connectivity index (χ2v) is 5.90. The van der Waals surface area contributed by atoms with Crippen LogP contribution in [0.4, 0.5) is 13.2 Å². The van der Waals surface area contributed by atoms with Gasteiger partial charge in [0.1, 0.15) is 0 Å². The molecule has 0 aliphatic carbocycles. The zero-order valence-electron chi connectivity index (χ0n) is 10.2. The van der Waals surface area contributed by atoms with Crippen LogP contribution >= 0.6 is 0 Å². The molecule has 0 radical (unpaired) electrons. The van der Waals surface area contributed by atoms with Gasteiger partial charge in [-0.15, -0.1) is 0 Å². The summed E-state index contributed by atoms with van der Waals surface area (Å²) in [5.74, 6) is -0.268. The molecule has 1 aromatic carbocycles. The molecule has 1 atom stereocenters. The van der Waals surface area contributed by atoms with Crippen molar-refractivity contribution in [3.8, 4) is 0 Å². The summed E-state index contributed by atoms with van der Waals surface area (Å²) in [5.41, 5.74) is -0.297. The van der Waals surface area contributed by atoms with Crippen molar-refractivity contribution >= 4 is 10.0 Å². The zero-order chi connectivity index (χ0) is 14.7. The standard InChI is InChI=1S/C11H15F3N2O2S/c1-8(16-5-6-19(15,17)18)9-3-2-4-10(7-9)11(12,13)14/h2-4,7-8,16H,5-6H2,1H3,(H2,15,17,18). The van der Waals surface area contributed by atoms with E-state index in [4.69, 9.17) is 5.14 Å². The lowest BCUT2D eigenvalue weighted by Crippen LogP contribution is -2.29. The molecule has 1 rings (SSSR count). The van der Waals surface area contributed by atoms with Crippen LogP contribution in [0.15, 0.2) is 24.3 Å². The van der Waals surface area contributed by atoms with E-state index in [0.29, 0.717) is 5.56 Å². The summed E-state index contributed by atoms with van der Waals surface area (Å²) in [7, 11) is -3.58. The van der Waals surface area contributed by atoms with Gasteiger partial charge in [0, 0.05) is 12.6 Å². The normalized spacial score (nSPS) is 14.4. The molecule has 8 heteroatoms. The largest absolute Gasteiger partial charge is 0.416 e. The Kier molecular flexibility index (Phi) is 4.94. The fourth-order valence-electron chi connectivity index (χ4n) is 1.52. The summed E-state index contributed by atoms with van der Waals surface area (Å²) >= 11 is 0. The van der Waals surface area contributed by atoms with Crippen LogP contribution < -0.4 is 10.5 Å². The number of nitrogens with two attached hydrogens (primary N) is 1. The molecule has 108 valence electrons. The van der Waals surface area contributed by atoms with E-state index in [0.717, 1.165) is 12.1 Å². The van der Waals surface area contributed by atoms with Crippen LogP contribution in [0.5, 0.6) is 0 Å². The van der Waals surface area contributed by atoms with Crippen LogP contribution in [-0.4, -0.2) is 20.7 Å². The van der Waals surface area contributed by atoms with Gasteiger partial charge in [-0.1, -0.05) is 12.1 Å². The van der Waals surface area contributed by atoms with Crippen LogP contribution in [0.2, 0.25) is 0 Å². The van der Waals surface area contributed by atoms with E-state index >= 15 is 0 Å². The van der Waals surface area contributed by atoms with Gasteiger partial charge in [-0.05, 0) is 24.6 Å². The van der Waals surface area contributed by atoms with Crippen molar-refractivity contribution in [2.24, 2.45) is 5.14 Å². The highest BCUT2D eigenvalue weighted by Crippen LogP contribution is 2.30. The predicted octanol–water partition coefficient (Wildman–Crippen LogP) is 1.64. The second-order valence-electron chi connectivity index (χ2n) is 4.17. The molecule has 0 saturated carbocycles. The van der Waals surface area contributed by atoms with E-state index in [1.54, 1.807) is 13.0 Å². The molecule has 0 amide bonds. The fraction of sp³-hybridized carbons (Fsp3) is 0.455. The summed E-state index contributed by atoms with van der Waals surface area (Å²) in [5, 5.41) is 7.63. The molecule has 19 heavy (non-hydrogen) atoms. The zero-order valence-corrected chi connectivity index (χ0v) is 11.1. The molecule has 0 aromatic heterocycles. The topological polar surface area (TPSA) is 72.2 Å². The highest BCUT2D eigenvalue weighted by molar-refractivity contribution is 7.89. The molecule has 0 spiro atoms. The first-order chi connectivity index (χ1) is 8.59. The molecular formula is C11H15F3N2O2S. The third-order valence-electron chi connectivity index (χ3n) is 2.55. The number of hydrogen-bond donors (Lipinski definition) is 2. The lowest BCUT2D eigenvalue weighted by molar-refractivity contribution is -0.137. The molecule has 0 aliphatic rings. The Morgan fingerprint density at radius 3 is 2.53 bits per heavy atom. The van der Waals surface area contributed by atoms with Gasteiger partial charge in [0.25, 0.3) is 0 Å². The molecule has 0 aliphatic heterocycles. The minimum absolute atomic E-state index is 0.0796. The molecule has 0 saturated heterocycles. The Morgan fingerprint density at radius 2 is 2.00 bits per heavy atom. The van der Waals surface area contributed by atoms with E-state index in [-0.39, 0.29) is 12.3 Å². The van der Waals surface area contributed by atoms with Crippen LogP contribution in [0.1, 0.15) is 24.1 Å². The van der Waals surface area contributed by atoms with Gasteiger partial charge in [0.05, 0.1) is 11.3 Å². The number of alkyl halides is 3. The predicted molar refractivity (Wildman–Crippen MR) is 65.8 cm³/mol. The number of halogens is 3. The highest BCUT2D eigenvalue weighted by Gasteiger charge is 2.30. The quantitative estimate of drug-likeness (QED) is 0.867. The Morgan fingerprint density at radius 1 is 1.37 bits per heavy atom. The van der Waals surface area contributed by atoms with Gasteiger partial charge in [0.15, 0.2) is 0 Å². The third-order valence-corrected chi connectivity index (χ3v) is 3.32. The fourth-order valence-corrected chi connectivity index (χ4v) is 1.92. The van der Waals surface area contributed by atoms with Crippen molar-refractivity contribution in [2.75, 3.05) is 12.3 Å². The molecule has 0 fully saturated rings. The Bertz CT molecular complexity index is 529. The first-order valence-electron chi connectivity index (χ1n) is 5.50. The van der Waals surface area contributed by atoms with E-state index in [1.807, 2.05) is 0 Å². The van der Waals surface area contributed by atoms with Crippen molar-refractivity contribution in [3.63, 3.8) is 0 Å². The van der Waals surface area contributed by atoms with Crippen molar-refractivity contribution in [2.45, 2.75) is 19.1 Å². The molecular weight excluding hydrogens is 281 g/mol. The maximum atomic E-state index is 12.5. The van der Waals surface area contributed by atoms with E-state index < -0.39 is 27.8 Å². The van der Waals surface area contributed by atoms with Crippen LogP contribution in [-0.2, 0) is 16.2 Å². The SMILES string of the molecule is CC(NCCS(N)(=O)=O)c1cccc(C(F)(F)F)c1. The summed E-state index contributed by atoms with van der Waals surface area (Å²) < 4.78 is 59.0. The summed E-state index contributed by atoms with van der Waals surface area (Å²) in [6, 6.07) is 4.48. The van der Waals surface area contributed by atoms with Gasteiger partial charge < -0.3 is 5.32 Å². The van der Waals surface area contributed by atoms with Crippen molar-refractivity contribution in [1.82, 2.24) is 5.32 Å². The second kappa shape index (κ2) is 5.89. The van der Waals surface area contributed by atoms with E-state index in [1.165, 1.54) is 6.07 Å². The molecule has 4 nitrogen and oxygen atoms in total. The van der Waals surface area contributed by atoms with E-state index in [2.05, 4.69) is 5.32 Å². The van der Waals surface area contributed by atoms with Crippen LogP contribution in [0.25, 0.3) is 0 Å². The van der Waals surface area contributed by atoms with Crippen molar-refractivity contribution in [3.05, 3.63) is 35.4 Å². The number of rotatable bonds is 5. The van der Waals surface area contributed by atoms with Gasteiger partial charge in [-0.25, -0.2) is 13.6 Å². The first kappa shape index (κ1) is 15.9. The Labute approximate surface area is 109 Å². The Hall–Kier alpha value is -1.12. The van der Waals surface area contributed by atoms with Crippen LogP contribution in [0.3, 0.4) is 0 Å². The lowest BCUT2D eigenvalue weighted by Gasteiger charge is -2.15. The molecule has 0 heterocycles. The minimum Gasteiger partial charge on any atom is -0.309 e. The number of benzene rings is 1. The number of nitrogens with one attached hydrogen (secondary N) is 1. The Balaban J connectivity index is 2.70. The third kappa shape index (κ3) is 5.58. The average Bonchev–Trinajstić information content (AvgIpc) is 2.26. The average molecular weight is 296 g/mol. The maximum absolute atomic E-state index is 12.5. The summed E-state index contributed by atoms with van der Waals surface area (Å²) in [6.45, 7) is 1.73.